The Labute approximate surface area is 104 Å². The first-order valence-corrected chi connectivity index (χ1v) is 7.82. The molecule has 0 aromatic carbocycles. The highest BCUT2D eigenvalue weighted by molar-refractivity contribution is 7.92. The Morgan fingerprint density at radius 2 is 1.82 bits per heavy atom. The van der Waals surface area contributed by atoms with Gasteiger partial charge in [-0.15, -0.1) is 0 Å². The van der Waals surface area contributed by atoms with E-state index in [4.69, 9.17) is 0 Å². The fourth-order valence-corrected chi connectivity index (χ4v) is 2.78. The number of hydrogen-bond acceptors (Lipinski definition) is 4. The molecular weight excluding hydrogens is 240 g/mol. The molecular formula is C11H24N2O3S. The zero-order valence-electron chi connectivity index (χ0n) is 11.1. The highest BCUT2D eigenvalue weighted by Crippen LogP contribution is 1.98. The van der Waals surface area contributed by atoms with E-state index in [9.17, 15) is 13.2 Å². The third-order valence-corrected chi connectivity index (χ3v) is 3.77. The molecule has 6 heteroatoms. The molecule has 5 nitrogen and oxygen atoms in total. The maximum atomic E-state index is 11.6. The number of hydrogen-bond donors (Lipinski definition) is 2. The SMILES string of the molecule is CCNC(C)CCS(=O)(=O)CC(=O)NC(C)C. The first-order valence-electron chi connectivity index (χ1n) is 6.00. The fraction of sp³-hybridized carbons (Fsp3) is 0.909. The number of carbonyl (C=O) groups excluding carboxylic acids is 1. The van der Waals surface area contributed by atoms with Crippen molar-refractivity contribution >= 4 is 15.7 Å². The van der Waals surface area contributed by atoms with Crippen molar-refractivity contribution in [1.82, 2.24) is 10.6 Å². The molecule has 1 amide bonds. The van der Waals surface area contributed by atoms with Crippen LogP contribution in [0.15, 0.2) is 0 Å². The molecule has 0 bridgehead atoms. The van der Waals surface area contributed by atoms with Crippen LogP contribution < -0.4 is 10.6 Å². The van der Waals surface area contributed by atoms with Gasteiger partial charge in [0.15, 0.2) is 9.84 Å². The molecule has 0 aliphatic rings. The minimum Gasteiger partial charge on any atom is -0.353 e. The van der Waals surface area contributed by atoms with Crippen LogP contribution in [0.1, 0.15) is 34.1 Å². The quantitative estimate of drug-likeness (QED) is 0.662. The third kappa shape index (κ3) is 9.12. The van der Waals surface area contributed by atoms with Gasteiger partial charge in [-0.1, -0.05) is 6.92 Å². The van der Waals surface area contributed by atoms with E-state index in [1.54, 1.807) is 13.8 Å². The van der Waals surface area contributed by atoms with Crippen LogP contribution in [-0.4, -0.2) is 44.5 Å². The van der Waals surface area contributed by atoms with Crippen LogP contribution in [0.3, 0.4) is 0 Å². The lowest BCUT2D eigenvalue weighted by Crippen LogP contribution is -2.36. The van der Waals surface area contributed by atoms with Crippen LogP contribution in [0.5, 0.6) is 0 Å². The highest BCUT2D eigenvalue weighted by atomic mass is 32.2. The van der Waals surface area contributed by atoms with E-state index in [0.29, 0.717) is 6.42 Å². The van der Waals surface area contributed by atoms with Gasteiger partial charge in [-0.25, -0.2) is 8.42 Å². The summed E-state index contributed by atoms with van der Waals surface area (Å²) in [5.74, 6) is -0.785. The molecule has 0 heterocycles. The third-order valence-electron chi connectivity index (χ3n) is 2.22. The number of sulfone groups is 1. The van der Waals surface area contributed by atoms with Crippen molar-refractivity contribution < 1.29 is 13.2 Å². The van der Waals surface area contributed by atoms with Gasteiger partial charge in [0.05, 0.1) is 5.75 Å². The molecule has 0 spiro atoms. The summed E-state index contributed by atoms with van der Waals surface area (Å²) >= 11 is 0. The molecule has 0 aliphatic heterocycles. The van der Waals surface area contributed by atoms with Gasteiger partial charge in [-0.2, -0.15) is 0 Å². The molecule has 0 saturated heterocycles. The molecule has 0 aliphatic carbocycles. The van der Waals surface area contributed by atoms with Crippen molar-refractivity contribution in [3.8, 4) is 0 Å². The van der Waals surface area contributed by atoms with Crippen molar-refractivity contribution in [3.63, 3.8) is 0 Å². The Morgan fingerprint density at radius 3 is 2.29 bits per heavy atom. The van der Waals surface area contributed by atoms with Gasteiger partial charge in [-0.05, 0) is 33.7 Å². The lowest BCUT2D eigenvalue weighted by atomic mass is 10.3. The molecule has 1 unspecified atom stereocenters. The first kappa shape index (κ1) is 16.4. The topological polar surface area (TPSA) is 75.3 Å². The minimum atomic E-state index is -3.29. The Bertz CT molecular complexity index is 326. The summed E-state index contributed by atoms with van der Waals surface area (Å²) in [5.41, 5.74) is 0. The molecule has 2 N–H and O–H groups in total. The van der Waals surface area contributed by atoms with E-state index in [1.807, 2.05) is 13.8 Å². The van der Waals surface area contributed by atoms with Gasteiger partial charge < -0.3 is 10.6 Å². The molecule has 0 aromatic heterocycles. The van der Waals surface area contributed by atoms with Crippen molar-refractivity contribution in [3.05, 3.63) is 0 Å². The Hall–Kier alpha value is -0.620. The van der Waals surface area contributed by atoms with Gasteiger partial charge in [-0.3, -0.25) is 4.79 Å². The van der Waals surface area contributed by atoms with Crippen molar-refractivity contribution in [2.45, 2.75) is 46.2 Å². The monoisotopic (exact) mass is 264 g/mol. The van der Waals surface area contributed by atoms with E-state index >= 15 is 0 Å². The van der Waals surface area contributed by atoms with Gasteiger partial charge in [0.2, 0.25) is 5.91 Å². The van der Waals surface area contributed by atoms with E-state index in [0.717, 1.165) is 6.54 Å². The number of carbonyl (C=O) groups is 1. The molecule has 0 fully saturated rings. The summed E-state index contributed by atoms with van der Waals surface area (Å²) in [6, 6.07) is 0.126. The van der Waals surface area contributed by atoms with Crippen LogP contribution in [0, 0.1) is 0 Å². The molecule has 0 saturated carbocycles. The Kier molecular flexibility index (Phi) is 7.38. The average Bonchev–Trinajstić information content (AvgIpc) is 2.13. The van der Waals surface area contributed by atoms with E-state index < -0.39 is 21.5 Å². The van der Waals surface area contributed by atoms with Crippen LogP contribution in [0.4, 0.5) is 0 Å². The van der Waals surface area contributed by atoms with Crippen LogP contribution in [0.2, 0.25) is 0 Å². The standard InChI is InChI=1S/C11H24N2O3S/c1-5-12-10(4)6-7-17(15,16)8-11(14)13-9(2)3/h9-10,12H,5-8H2,1-4H3,(H,13,14). The fourth-order valence-electron chi connectivity index (χ4n) is 1.44. The van der Waals surface area contributed by atoms with Crippen molar-refractivity contribution in [1.29, 1.82) is 0 Å². The number of amides is 1. The number of rotatable bonds is 8. The van der Waals surface area contributed by atoms with E-state index in [2.05, 4.69) is 10.6 Å². The molecule has 0 radical (unpaired) electrons. The summed E-state index contributed by atoms with van der Waals surface area (Å²) in [5, 5.41) is 5.72. The summed E-state index contributed by atoms with van der Waals surface area (Å²) < 4.78 is 23.3. The second-order valence-corrected chi connectivity index (χ2v) is 6.75. The minimum absolute atomic E-state index is 0.0293. The Morgan fingerprint density at radius 1 is 1.24 bits per heavy atom. The van der Waals surface area contributed by atoms with Gasteiger partial charge in [0.1, 0.15) is 5.75 Å². The summed E-state index contributed by atoms with van der Waals surface area (Å²) in [6.07, 6.45) is 0.533. The zero-order valence-corrected chi connectivity index (χ0v) is 11.9. The highest BCUT2D eigenvalue weighted by Gasteiger charge is 2.17. The smallest absolute Gasteiger partial charge is 0.235 e. The Balaban J connectivity index is 4.08. The molecule has 102 valence electrons. The lowest BCUT2D eigenvalue weighted by Gasteiger charge is -2.12. The summed E-state index contributed by atoms with van der Waals surface area (Å²) in [7, 11) is -3.29. The maximum Gasteiger partial charge on any atom is 0.235 e. The second-order valence-electron chi connectivity index (χ2n) is 4.56. The predicted octanol–water partition coefficient (Wildman–Crippen LogP) is 0.314. The molecule has 0 aromatic rings. The van der Waals surface area contributed by atoms with E-state index in [-0.39, 0.29) is 17.8 Å². The zero-order chi connectivity index (χ0) is 13.5. The van der Waals surface area contributed by atoms with Crippen LogP contribution >= 0.6 is 0 Å². The molecule has 0 rings (SSSR count). The summed E-state index contributed by atoms with van der Waals surface area (Å²) in [6.45, 7) is 8.33. The van der Waals surface area contributed by atoms with Gasteiger partial charge >= 0.3 is 0 Å². The molecule has 1 atom stereocenters. The van der Waals surface area contributed by atoms with E-state index in [1.165, 1.54) is 0 Å². The second kappa shape index (κ2) is 7.66. The molecule has 17 heavy (non-hydrogen) atoms. The normalized spacial score (nSPS) is 13.7. The maximum absolute atomic E-state index is 11.6. The van der Waals surface area contributed by atoms with Gasteiger partial charge in [0, 0.05) is 12.1 Å². The number of nitrogens with one attached hydrogen (secondary N) is 2. The lowest BCUT2D eigenvalue weighted by molar-refractivity contribution is -0.119. The average molecular weight is 264 g/mol. The van der Waals surface area contributed by atoms with Crippen molar-refractivity contribution in [2.24, 2.45) is 0 Å². The summed E-state index contributed by atoms with van der Waals surface area (Å²) in [4.78, 5) is 11.3. The van der Waals surface area contributed by atoms with Crippen LogP contribution in [0.25, 0.3) is 0 Å². The largest absolute Gasteiger partial charge is 0.353 e. The van der Waals surface area contributed by atoms with Crippen LogP contribution in [-0.2, 0) is 14.6 Å². The van der Waals surface area contributed by atoms with Crippen molar-refractivity contribution in [2.75, 3.05) is 18.1 Å². The predicted molar refractivity (Wildman–Crippen MR) is 69.7 cm³/mol. The first-order chi connectivity index (χ1) is 7.76. The van der Waals surface area contributed by atoms with Gasteiger partial charge in [0.25, 0.3) is 0 Å².